The van der Waals surface area contributed by atoms with Gasteiger partial charge in [0, 0.05) is 68.8 Å². The summed E-state index contributed by atoms with van der Waals surface area (Å²) in [6.07, 6.45) is 3.54. The van der Waals surface area contributed by atoms with Crippen LogP contribution in [0.2, 0.25) is 0 Å². The molecule has 184 valence electrons. The molecule has 0 bridgehead atoms. The monoisotopic (exact) mass is 475 g/mol. The first-order chi connectivity index (χ1) is 17.1. The van der Waals surface area contributed by atoms with E-state index in [2.05, 4.69) is 55.3 Å². The van der Waals surface area contributed by atoms with Crippen molar-refractivity contribution in [3.8, 4) is 6.07 Å². The summed E-state index contributed by atoms with van der Waals surface area (Å²) in [5.74, 6) is 1.43. The Morgan fingerprint density at radius 3 is 2.43 bits per heavy atom. The fraction of sp³-hybridized carbons (Fsp3) is 0.520. The Morgan fingerprint density at radius 1 is 1.11 bits per heavy atom. The fourth-order valence-corrected chi connectivity index (χ4v) is 4.75. The number of piperazine rings is 1. The number of nitrogens with one attached hydrogen (secondary N) is 2. The highest BCUT2D eigenvalue weighted by molar-refractivity contribution is 5.81. The first-order valence-electron chi connectivity index (χ1n) is 12.3. The molecule has 3 heterocycles. The molecule has 1 aromatic heterocycles. The molecule has 4 rings (SSSR count). The van der Waals surface area contributed by atoms with Crippen LogP contribution in [-0.2, 0) is 6.54 Å². The van der Waals surface area contributed by atoms with Gasteiger partial charge in [-0.1, -0.05) is 12.1 Å². The smallest absolute Gasteiger partial charge is 0.227 e. The van der Waals surface area contributed by atoms with Gasteiger partial charge in [-0.2, -0.15) is 15.2 Å². The maximum absolute atomic E-state index is 11.1. The van der Waals surface area contributed by atoms with Crippen molar-refractivity contribution < 1.29 is 0 Å². The molecule has 2 N–H and O–H groups in total. The third kappa shape index (κ3) is 5.92. The van der Waals surface area contributed by atoms with Gasteiger partial charge in [0.1, 0.15) is 12.4 Å². The summed E-state index contributed by atoms with van der Waals surface area (Å²) in [6, 6.07) is 10.5. The quantitative estimate of drug-likeness (QED) is 0.415. The van der Waals surface area contributed by atoms with Crippen LogP contribution in [-0.4, -0.2) is 66.9 Å². The Labute approximate surface area is 206 Å². The molecule has 0 aliphatic carbocycles. The van der Waals surface area contributed by atoms with E-state index in [9.17, 15) is 4.91 Å². The van der Waals surface area contributed by atoms with Crippen molar-refractivity contribution >= 4 is 29.4 Å². The molecule has 0 spiro atoms. The molecule has 2 aliphatic heterocycles. The third-order valence-electron chi connectivity index (χ3n) is 6.98. The van der Waals surface area contributed by atoms with Gasteiger partial charge >= 0.3 is 0 Å². The topological polar surface area (TPSA) is 125 Å². The zero-order chi connectivity index (χ0) is 24.6. The standard InChI is InChI=1S/C25H33N9O/c1-2-32-13-15-33(16-14-32)21-5-3-20(4-6-21)29-24-22(18-28-35)23(17-27)30-25(31-24)34-11-8-19(7-10-26)9-12-34/h3-6,17,19,27H,2,7-9,11-16,18H2,1H3,(H,29,30,31). The number of hydrogen-bond acceptors (Lipinski definition) is 10. The molecule has 0 atom stereocenters. The van der Waals surface area contributed by atoms with Crippen LogP contribution in [0.1, 0.15) is 37.4 Å². The van der Waals surface area contributed by atoms with Crippen LogP contribution in [0.3, 0.4) is 0 Å². The normalized spacial score (nSPS) is 17.1. The van der Waals surface area contributed by atoms with Gasteiger partial charge in [-0.3, -0.25) is 0 Å². The number of aromatic nitrogens is 2. The van der Waals surface area contributed by atoms with Crippen molar-refractivity contribution in [2.45, 2.75) is 32.7 Å². The van der Waals surface area contributed by atoms with Crippen molar-refractivity contribution in [1.29, 1.82) is 10.7 Å². The highest BCUT2D eigenvalue weighted by Crippen LogP contribution is 2.29. The average Bonchev–Trinajstić information content (AvgIpc) is 2.91. The minimum absolute atomic E-state index is 0.114. The summed E-state index contributed by atoms with van der Waals surface area (Å²) < 4.78 is 0. The number of anilines is 4. The lowest BCUT2D eigenvalue weighted by Crippen LogP contribution is -2.46. The zero-order valence-corrected chi connectivity index (χ0v) is 20.3. The molecule has 0 radical (unpaired) electrons. The maximum Gasteiger partial charge on any atom is 0.227 e. The number of likely N-dealkylation sites (N-methyl/N-ethyl adjacent to an activating group) is 1. The SMILES string of the molecule is CCN1CCN(c2ccc(Nc3nc(N4CCC(CC#N)CC4)nc(C=N)c3CN=O)cc2)CC1. The number of hydrogen-bond donors (Lipinski definition) is 2. The van der Waals surface area contributed by atoms with Crippen LogP contribution in [0.15, 0.2) is 29.4 Å². The predicted octanol–water partition coefficient (Wildman–Crippen LogP) is 3.76. The molecule has 2 saturated heterocycles. The summed E-state index contributed by atoms with van der Waals surface area (Å²) in [7, 11) is 0. The molecule has 0 unspecified atom stereocenters. The largest absolute Gasteiger partial charge is 0.369 e. The van der Waals surface area contributed by atoms with E-state index < -0.39 is 0 Å². The second-order valence-electron chi connectivity index (χ2n) is 9.05. The van der Waals surface area contributed by atoms with Crippen molar-refractivity contribution in [3.63, 3.8) is 0 Å². The third-order valence-corrected chi connectivity index (χ3v) is 6.98. The van der Waals surface area contributed by atoms with E-state index in [-0.39, 0.29) is 6.54 Å². The minimum Gasteiger partial charge on any atom is -0.369 e. The lowest BCUT2D eigenvalue weighted by Gasteiger charge is -2.35. The number of benzene rings is 1. The molecule has 0 saturated carbocycles. The Kier molecular flexibility index (Phi) is 8.21. The van der Waals surface area contributed by atoms with E-state index in [1.807, 2.05) is 12.1 Å². The molecule has 10 heteroatoms. The summed E-state index contributed by atoms with van der Waals surface area (Å²) in [5.41, 5.74) is 2.94. The van der Waals surface area contributed by atoms with E-state index in [4.69, 9.17) is 15.7 Å². The summed E-state index contributed by atoms with van der Waals surface area (Å²) in [4.78, 5) is 27.4. The van der Waals surface area contributed by atoms with Gasteiger partial charge in [0.05, 0.1) is 11.8 Å². The van der Waals surface area contributed by atoms with Gasteiger partial charge in [-0.05, 0) is 49.6 Å². The van der Waals surface area contributed by atoms with Crippen molar-refractivity contribution in [2.75, 3.05) is 60.9 Å². The minimum atomic E-state index is -0.114. The molecule has 2 aromatic rings. The van der Waals surface area contributed by atoms with E-state index in [0.717, 1.165) is 70.6 Å². The van der Waals surface area contributed by atoms with Crippen LogP contribution in [0.4, 0.5) is 23.1 Å². The number of nitroso groups, excluding NO2 is 1. The summed E-state index contributed by atoms with van der Waals surface area (Å²) in [6.45, 7) is 8.86. The molecule has 1 aromatic carbocycles. The Balaban J connectivity index is 1.53. The van der Waals surface area contributed by atoms with Gasteiger partial charge in [0.2, 0.25) is 5.95 Å². The number of nitrogens with zero attached hydrogens (tertiary/aromatic N) is 7. The van der Waals surface area contributed by atoms with Gasteiger partial charge < -0.3 is 25.4 Å². The van der Waals surface area contributed by atoms with Crippen LogP contribution in [0.25, 0.3) is 0 Å². The Morgan fingerprint density at radius 2 is 1.83 bits per heavy atom. The first-order valence-corrected chi connectivity index (χ1v) is 12.3. The molecule has 2 aliphatic rings. The molecule has 35 heavy (non-hydrogen) atoms. The molecular formula is C25H33N9O. The van der Waals surface area contributed by atoms with Crippen molar-refractivity contribution in [1.82, 2.24) is 14.9 Å². The Hall–Kier alpha value is -3.58. The average molecular weight is 476 g/mol. The zero-order valence-electron chi connectivity index (χ0n) is 20.3. The van der Waals surface area contributed by atoms with Gasteiger partial charge in [-0.15, -0.1) is 0 Å². The first kappa shape index (κ1) is 24.5. The fourth-order valence-electron chi connectivity index (χ4n) is 4.75. The van der Waals surface area contributed by atoms with Gasteiger partial charge in [0.25, 0.3) is 0 Å². The van der Waals surface area contributed by atoms with Crippen LogP contribution >= 0.6 is 0 Å². The van der Waals surface area contributed by atoms with Crippen LogP contribution in [0, 0.1) is 27.6 Å². The Bertz CT molecular complexity index is 1050. The molecule has 2 fully saturated rings. The molecule has 0 amide bonds. The van der Waals surface area contributed by atoms with E-state index >= 15 is 0 Å². The van der Waals surface area contributed by atoms with E-state index in [0.29, 0.717) is 35.4 Å². The number of nitriles is 1. The second kappa shape index (κ2) is 11.7. The van der Waals surface area contributed by atoms with Crippen molar-refractivity contribution in [2.24, 2.45) is 11.1 Å². The van der Waals surface area contributed by atoms with Crippen LogP contribution < -0.4 is 15.1 Å². The maximum atomic E-state index is 11.1. The van der Waals surface area contributed by atoms with E-state index in [1.165, 1.54) is 5.69 Å². The molecular weight excluding hydrogens is 442 g/mol. The van der Waals surface area contributed by atoms with Gasteiger partial charge in [-0.25, -0.2) is 4.98 Å². The lowest BCUT2D eigenvalue weighted by atomic mass is 9.94. The predicted molar refractivity (Wildman–Crippen MR) is 139 cm³/mol. The van der Waals surface area contributed by atoms with Crippen LogP contribution in [0.5, 0.6) is 0 Å². The van der Waals surface area contributed by atoms with Gasteiger partial charge in [0.15, 0.2) is 0 Å². The summed E-state index contributed by atoms with van der Waals surface area (Å²) in [5, 5.41) is 23.2. The number of piperidine rings is 1. The second-order valence-corrected chi connectivity index (χ2v) is 9.05. The van der Waals surface area contributed by atoms with E-state index in [1.54, 1.807) is 0 Å². The highest BCUT2D eigenvalue weighted by Gasteiger charge is 2.23. The lowest BCUT2D eigenvalue weighted by molar-refractivity contribution is 0.271. The summed E-state index contributed by atoms with van der Waals surface area (Å²) >= 11 is 0. The molecule has 10 nitrogen and oxygen atoms in total. The highest BCUT2D eigenvalue weighted by atomic mass is 16.3. The van der Waals surface area contributed by atoms with Crippen molar-refractivity contribution in [3.05, 3.63) is 40.4 Å². The number of rotatable bonds is 9.